The van der Waals surface area contributed by atoms with Gasteiger partial charge in [0.1, 0.15) is 0 Å². The zero-order chi connectivity index (χ0) is 34.4. The highest BCUT2D eigenvalue weighted by Gasteiger charge is 2.15. The number of benzene rings is 8. The molecule has 0 aliphatic carbocycles. The molecule has 3 heteroatoms. The average Bonchev–Trinajstić information content (AvgIpc) is 3.23. The van der Waals surface area contributed by atoms with Gasteiger partial charge in [0.25, 0.3) is 0 Å². The van der Waals surface area contributed by atoms with E-state index in [-0.39, 0.29) is 0 Å². The van der Waals surface area contributed by atoms with Gasteiger partial charge in [0.15, 0.2) is 5.82 Å². The van der Waals surface area contributed by atoms with Crippen molar-refractivity contribution in [3.8, 4) is 56.3 Å². The summed E-state index contributed by atoms with van der Waals surface area (Å²) >= 11 is 0. The van der Waals surface area contributed by atoms with Gasteiger partial charge in [0.05, 0.1) is 22.6 Å². The van der Waals surface area contributed by atoms with Gasteiger partial charge in [-0.2, -0.15) is 0 Å². The topological polar surface area (TPSA) is 38.7 Å². The predicted octanol–water partition coefficient (Wildman–Crippen LogP) is 12.8. The lowest BCUT2D eigenvalue weighted by Gasteiger charge is -2.14. The van der Waals surface area contributed by atoms with Crippen molar-refractivity contribution in [2.24, 2.45) is 0 Å². The number of pyridine rings is 1. The molecule has 10 rings (SSSR count). The summed E-state index contributed by atoms with van der Waals surface area (Å²) in [5, 5.41) is 8.31. The minimum atomic E-state index is 0.693. The lowest BCUT2D eigenvalue weighted by atomic mass is 9.94. The summed E-state index contributed by atoms with van der Waals surface area (Å²) in [6.07, 6.45) is 0. The maximum absolute atomic E-state index is 5.27. The minimum absolute atomic E-state index is 0.693. The first-order chi connectivity index (χ1) is 25.7. The summed E-state index contributed by atoms with van der Waals surface area (Å²) in [5.41, 5.74) is 10.0. The molecule has 0 radical (unpaired) electrons. The lowest BCUT2D eigenvalue weighted by molar-refractivity contribution is 1.18. The molecule has 0 aliphatic rings. The van der Waals surface area contributed by atoms with Crippen LogP contribution in [0.15, 0.2) is 188 Å². The van der Waals surface area contributed by atoms with Crippen LogP contribution in [0.2, 0.25) is 0 Å². The highest BCUT2D eigenvalue weighted by atomic mass is 14.9. The number of fused-ring (bicyclic) bond motifs is 5. The Labute approximate surface area is 301 Å². The van der Waals surface area contributed by atoms with E-state index < -0.39 is 0 Å². The summed E-state index contributed by atoms with van der Waals surface area (Å²) < 4.78 is 0. The Morgan fingerprint density at radius 1 is 0.288 bits per heavy atom. The van der Waals surface area contributed by atoms with Gasteiger partial charge in [-0.25, -0.2) is 15.0 Å². The van der Waals surface area contributed by atoms with Gasteiger partial charge >= 0.3 is 0 Å². The summed E-state index contributed by atoms with van der Waals surface area (Å²) in [4.78, 5) is 15.7. The number of hydrogen-bond acceptors (Lipinski definition) is 3. The number of hydrogen-bond donors (Lipinski definition) is 0. The highest BCUT2D eigenvalue weighted by molar-refractivity contribution is 6.13. The molecule has 0 atom stereocenters. The van der Waals surface area contributed by atoms with Gasteiger partial charge in [0, 0.05) is 27.6 Å². The van der Waals surface area contributed by atoms with Gasteiger partial charge in [0.2, 0.25) is 0 Å². The van der Waals surface area contributed by atoms with Gasteiger partial charge in [-0.1, -0.05) is 152 Å². The fourth-order valence-corrected chi connectivity index (χ4v) is 7.39. The molecule has 0 saturated heterocycles. The van der Waals surface area contributed by atoms with Gasteiger partial charge in [-0.3, -0.25) is 0 Å². The van der Waals surface area contributed by atoms with Crippen molar-refractivity contribution in [3.05, 3.63) is 188 Å². The van der Waals surface area contributed by atoms with Crippen LogP contribution in [0.1, 0.15) is 0 Å². The fraction of sp³-hybridized carbons (Fsp3) is 0. The molecular formula is C49H31N3. The van der Waals surface area contributed by atoms with Crippen LogP contribution >= 0.6 is 0 Å². The van der Waals surface area contributed by atoms with Crippen LogP contribution in [0.5, 0.6) is 0 Å². The van der Waals surface area contributed by atoms with Crippen molar-refractivity contribution < 1.29 is 0 Å². The quantitative estimate of drug-likeness (QED) is 0.172. The normalized spacial score (nSPS) is 11.5. The second kappa shape index (κ2) is 12.4. The molecule has 0 fully saturated rings. The minimum Gasteiger partial charge on any atom is -0.248 e. The SMILES string of the molecule is c1ccc(-c2cc(-c3cccc(-c4cc(-c5ccc6ccccc6c5)nc(-c5ccc6ccccc6c5)n4)c3)nc3ccc4ccccc4c23)cc1. The fourth-order valence-electron chi connectivity index (χ4n) is 7.39. The molecule has 8 aromatic carbocycles. The summed E-state index contributed by atoms with van der Waals surface area (Å²) in [5.74, 6) is 0.693. The number of rotatable bonds is 5. The van der Waals surface area contributed by atoms with Crippen LogP contribution in [0, 0.1) is 0 Å². The first-order valence-corrected chi connectivity index (χ1v) is 17.6. The van der Waals surface area contributed by atoms with Crippen LogP contribution in [-0.2, 0) is 0 Å². The first-order valence-electron chi connectivity index (χ1n) is 17.6. The molecule has 0 amide bonds. The van der Waals surface area contributed by atoms with Crippen LogP contribution < -0.4 is 0 Å². The molecule has 242 valence electrons. The Kier molecular flexibility index (Phi) is 7.14. The lowest BCUT2D eigenvalue weighted by Crippen LogP contribution is -1.96. The van der Waals surface area contributed by atoms with E-state index >= 15 is 0 Å². The number of aromatic nitrogens is 3. The highest BCUT2D eigenvalue weighted by Crippen LogP contribution is 2.38. The molecule has 0 unspecified atom stereocenters. The molecule has 0 aliphatic heterocycles. The second-order valence-corrected chi connectivity index (χ2v) is 13.3. The maximum Gasteiger partial charge on any atom is 0.160 e. The number of nitrogens with zero attached hydrogens (tertiary/aromatic N) is 3. The smallest absolute Gasteiger partial charge is 0.160 e. The van der Waals surface area contributed by atoms with E-state index in [2.05, 4.69) is 188 Å². The van der Waals surface area contributed by atoms with E-state index in [0.717, 1.165) is 50.2 Å². The zero-order valence-corrected chi connectivity index (χ0v) is 28.2. The molecule has 0 saturated carbocycles. The Morgan fingerprint density at radius 2 is 0.808 bits per heavy atom. The molecule has 2 heterocycles. The Hall–Kier alpha value is -6.97. The van der Waals surface area contributed by atoms with Gasteiger partial charge in [-0.15, -0.1) is 0 Å². The summed E-state index contributed by atoms with van der Waals surface area (Å²) in [6, 6.07) is 66.3. The third-order valence-corrected chi connectivity index (χ3v) is 10.0. The molecule has 52 heavy (non-hydrogen) atoms. The largest absolute Gasteiger partial charge is 0.248 e. The Bertz CT molecular complexity index is 2870. The second-order valence-electron chi connectivity index (χ2n) is 13.3. The summed E-state index contributed by atoms with van der Waals surface area (Å²) in [7, 11) is 0. The van der Waals surface area contributed by atoms with Crippen LogP contribution in [-0.4, -0.2) is 15.0 Å². The molecule has 0 spiro atoms. The molecular weight excluding hydrogens is 631 g/mol. The van der Waals surface area contributed by atoms with Crippen molar-refractivity contribution >= 4 is 43.2 Å². The predicted molar refractivity (Wildman–Crippen MR) is 217 cm³/mol. The van der Waals surface area contributed by atoms with E-state index in [9.17, 15) is 0 Å². The molecule has 0 N–H and O–H groups in total. The van der Waals surface area contributed by atoms with Gasteiger partial charge in [-0.05, 0) is 79.8 Å². The molecule has 10 aromatic rings. The average molecular weight is 662 g/mol. The standard InChI is InChI=1S/C49H31N3/c1-2-13-34(14-3-1)43-30-45(50-44-26-25-35-15-8-9-20-42(35)48(43)44)38-18-10-19-39(29-38)46-31-47(40-23-21-32-11-4-6-16-36(32)27-40)52-49(51-46)41-24-22-33-12-5-7-17-37(33)28-41/h1-31H. The van der Waals surface area contributed by atoms with Crippen molar-refractivity contribution in [2.45, 2.75) is 0 Å². The third-order valence-electron chi connectivity index (χ3n) is 10.0. The molecule has 0 bridgehead atoms. The van der Waals surface area contributed by atoms with E-state index in [1.54, 1.807) is 0 Å². The van der Waals surface area contributed by atoms with Crippen LogP contribution in [0.25, 0.3) is 99.5 Å². The van der Waals surface area contributed by atoms with Crippen molar-refractivity contribution in [2.75, 3.05) is 0 Å². The van der Waals surface area contributed by atoms with E-state index in [0.29, 0.717) is 5.82 Å². The van der Waals surface area contributed by atoms with Gasteiger partial charge < -0.3 is 0 Å². The molecule has 2 aromatic heterocycles. The van der Waals surface area contributed by atoms with E-state index in [1.807, 2.05) is 0 Å². The van der Waals surface area contributed by atoms with E-state index in [1.165, 1.54) is 43.4 Å². The van der Waals surface area contributed by atoms with Crippen molar-refractivity contribution in [1.82, 2.24) is 15.0 Å². The first kappa shape index (κ1) is 29.9. The molecule has 3 nitrogen and oxygen atoms in total. The maximum atomic E-state index is 5.27. The van der Waals surface area contributed by atoms with Crippen LogP contribution in [0.4, 0.5) is 0 Å². The monoisotopic (exact) mass is 661 g/mol. The van der Waals surface area contributed by atoms with Crippen LogP contribution in [0.3, 0.4) is 0 Å². The zero-order valence-electron chi connectivity index (χ0n) is 28.2. The Balaban J connectivity index is 1.15. The Morgan fingerprint density at radius 3 is 1.52 bits per heavy atom. The van der Waals surface area contributed by atoms with Crippen molar-refractivity contribution in [1.29, 1.82) is 0 Å². The van der Waals surface area contributed by atoms with Crippen molar-refractivity contribution in [3.63, 3.8) is 0 Å². The summed E-state index contributed by atoms with van der Waals surface area (Å²) in [6.45, 7) is 0. The third kappa shape index (κ3) is 5.37. The van der Waals surface area contributed by atoms with E-state index in [4.69, 9.17) is 15.0 Å².